The van der Waals surface area contributed by atoms with Gasteiger partial charge in [-0.2, -0.15) is 0 Å². The highest BCUT2D eigenvalue weighted by Crippen LogP contribution is 2.33. The van der Waals surface area contributed by atoms with Gasteiger partial charge in [-0.1, -0.05) is 12.1 Å². The molecule has 0 bridgehead atoms. The standard InChI is InChI=1S/C20H25N3O2.ClH/c1-3-4-17-11-15(12-19(25-2)20(17)24)14-23-10-9-22-13-18(23)16-5-7-21-8-6-16;/h3,5-8,11-12,18,22,24H,1,4,9-10,13-14H2,2H3;1H. The Labute approximate surface area is 161 Å². The predicted molar refractivity (Wildman–Crippen MR) is 106 cm³/mol. The smallest absolute Gasteiger partial charge is 0.161 e. The summed E-state index contributed by atoms with van der Waals surface area (Å²) < 4.78 is 5.35. The van der Waals surface area contributed by atoms with Crippen molar-refractivity contribution < 1.29 is 9.84 Å². The van der Waals surface area contributed by atoms with E-state index < -0.39 is 0 Å². The van der Waals surface area contributed by atoms with Crippen molar-refractivity contribution in [1.82, 2.24) is 15.2 Å². The number of phenols is 1. The molecule has 5 nitrogen and oxygen atoms in total. The summed E-state index contributed by atoms with van der Waals surface area (Å²) in [7, 11) is 1.58. The molecule has 26 heavy (non-hydrogen) atoms. The fourth-order valence-corrected chi connectivity index (χ4v) is 3.37. The van der Waals surface area contributed by atoms with Crippen LogP contribution in [0.15, 0.2) is 49.3 Å². The van der Waals surface area contributed by atoms with Crippen LogP contribution in [0.5, 0.6) is 11.5 Å². The molecule has 1 aromatic heterocycles. The van der Waals surface area contributed by atoms with Gasteiger partial charge in [-0.05, 0) is 35.7 Å². The lowest BCUT2D eigenvalue weighted by atomic mass is 10.0. The third-order valence-electron chi connectivity index (χ3n) is 4.63. The molecule has 3 rings (SSSR count). The Balaban J connectivity index is 0.00000243. The molecule has 2 aromatic rings. The van der Waals surface area contributed by atoms with Gasteiger partial charge in [0.25, 0.3) is 0 Å². The first-order valence-corrected chi connectivity index (χ1v) is 8.57. The third kappa shape index (κ3) is 4.55. The first kappa shape index (κ1) is 20.2. The van der Waals surface area contributed by atoms with Gasteiger partial charge in [0.2, 0.25) is 0 Å². The molecule has 0 saturated carbocycles. The minimum Gasteiger partial charge on any atom is -0.504 e. The molecule has 1 saturated heterocycles. The van der Waals surface area contributed by atoms with E-state index in [1.165, 1.54) is 5.56 Å². The number of hydrogen-bond donors (Lipinski definition) is 2. The molecule has 140 valence electrons. The van der Waals surface area contributed by atoms with Crippen LogP contribution in [-0.4, -0.2) is 41.7 Å². The van der Waals surface area contributed by atoms with Crippen LogP contribution >= 0.6 is 12.4 Å². The molecule has 1 aliphatic heterocycles. The van der Waals surface area contributed by atoms with Gasteiger partial charge in [-0.3, -0.25) is 9.88 Å². The average molecular weight is 376 g/mol. The Kier molecular flexibility index (Phi) is 7.45. The molecule has 2 N–H and O–H groups in total. The average Bonchev–Trinajstić information content (AvgIpc) is 2.65. The van der Waals surface area contributed by atoms with Gasteiger partial charge < -0.3 is 15.2 Å². The highest BCUT2D eigenvalue weighted by Gasteiger charge is 2.24. The first-order chi connectivity index (χ1) is 12.2. The Hall–Kier alpha value is -2.08. The van der Waals surface area contributed by atoms with E-state index in [-0.39, 0.29) is 18.2 Å². The number of nitrogens with one attached hydrogen (secondary N) is 1. The van der Waals surface area contributed by atoms with Crippen molar-refractivity contribution in [2.45, 2.75) is 19.0 Å². The van der Waals surface area contributed by atoms with Crippen molar-refractivity contribution in [2.24, 2.45) is 0 Å². The van der Waals surface area contributed by atoms with Crippen LogP contribution in [0.3, 0.4) is 0 Å². The van der Waals surface area contributed by atoms with E-state index in [0.29, 0.717) is 18.2 Å². The summed E-state index contributed by atoms with van der Waals surface area (Å²) >= 11 is 0. The van der Waals surface area contributed by atoms with Crippen LogP contribution in [0.25, 0.3) is 0 Å². The highest BCUT2D eigenvalue weighted by atomic mass is 35.5. The van der Waals surface area contributed by atoms with Crippen LogP contribution in [-0.2, 0) is 13.0 Å². The summed E-state index contributed by atoms with van der Waals surface area (Å²) in [6, 6.07) is 8.43. The number of allylic oxidation sites excluding steroid dienone is 1. The fourth-order valence-electron chi connectivity index (χ4n) is 3.37. The topological polar surface area (TPSA) is 57.6 Å². The molecular formula is C20H26ClN3O2. The Morgan fingerprint density at radius 1 is 1.38 bits per heavy atom. The van der Waals surface area contributed by atoms with E-state index in [1.807, 2.05) is 24.5 Å². The maximum Gasteiger partial charge on any atom is 0.161 e. The second kappa shape index (κ2) is 9.57. The number of aromatic nitrogens is 1. The minimum atomic E-state index is 0. The normalized spacial score (nSPS) is 17.3. The van der Waals surface area contributed by atoms with Crippen LogP contribution in [0.1, 0.15) is 22.7 Å². The molecule has 0 radical (unpaired) electrons. The van der Waals surface area contributed by atoms with E-state index in [1.54, 1.807) is 13.2 Å². The molecule has 1 fully saturated rings. The summed E-state index contributed by atoms with van der Waals surface area (Å²) in [5, 5.41) is 13.7. The maximum absolute atomic E-state index is 10.3. The first-order valence-electron chi connectivity index (χ1n) is 8.57. The van der Waals surface area contributed by atoms with Gasteiger partial charge in [0.05, 0.1) is 7.11 Å². The Morgan fingerprint density at radius 2 is 2.15 bits per heavy atom. The number of halogens is 1. The van der Waals surface area contributed by atoms with Gasteiger partial charge in [-0.25, -0.2) is 0 Å². The largest absolute Gasteiger partial charge is 0.504 e. The van der Waals surface area contributed by atoms with E-state index in [9.17, 15) is 5.11 Å². The number of methoxy groups -OCH3 is 1. The highest BCUT2D eigenvalue weighted by molar-refractivity contribution is 5.85. The fraction of sp³-hybridized carbons (Fsp3) is 0.350. The summed E-state index contributed by atoms with van der Waals surface area (Å²) in [5.41, 5.74) is 3.24. The van der Waals surface area contributed by atoms with Crippen molar-refractivity contribution in [3.8, 4) is 11.5 Å². The number of phenolic OH excluding ortho intramolecular Hbond substituents is 1. The van der Waals surface area contributed by atoms with Gasteiger partial charge in [0.15, 0.2) is 11.5 Å². The summed E-state index contributed by atoms with van der Waals surface area (Å²) in [6.07, 6.45) is 6.09. The van der Waals surface area contributed by atoms with E-state index in [0.717, 1.165) is 37.3 Å². The number of benzene rings is 1. The molecule has 1 unspecified atom stereocenters. The third-order valence-corrected chi connectivity index (χ3v) is 4.63. The minimum absolute atomic E-state index is 0. The van der Waals surface area contributed by atoms with Crippen molar-refractivity contribution in [3.63, 3.8) is 0 Å². The van der Waals surface area contributed by atoms with E-state index >= 15 is 0 Å². The zero-order valence-corrected chi connectivity index (χ0v) is 15.8. The maximum atomic E-state index is 10.3. The second-order valence-electron chi connectivity index (χ2n) is 6.27. The van der Waals surface area contributed by atoms with Gasteiger partial charge in [-0.15, -0.1) is 19.0 Å². The monoisotopic (exact) mass is 375 g/mol. The number of pyridine rings is 1. The number of aromatic hydroxyl groups is 1. The van der Waals surface area contributed by atoms with Crippen LogP contribution in [0, 0.1) is 0 Å². The lowest BCUT2D eigenvalue weighted by molar-refractivity contribution is 0.153. The summed E-state index contributed by atoms with van der Waals surface area (Å²) in [5.74, 6) is 0.724. The molecule has 0 aliphatic carbocycles. The number of ether oxygens (including phenoxy) is 1. The lowest BCUT2D eigenvalue weighted by Gasteiger charge is -2.36. The molecule has 1 aliphatic rings. The molecule has 2 heterocycles. The number of nitrogens with zero attached hydrogens (tertiary/aromatic N) is 2. The van der Waals surface area contributed by atoms with Gasteiger partial charge >= 0.3 is 0 Å². The SMILES string of the molecule is C=CCc1cc(CN2CCNCC2c2ccncc2)cc(OC)c1O.Cl. The summed E-state index contributed by atoms with van der Waals surface area (Å²) in [6.45, 7) is 7.42. The van der Waals surface area contributed by atoms with Crippen molar-refractivity contribution >= 4 is 12.4 Å². The van der Waals surface area contributed by atoms with E-state index in [4.69, 9.17) is 4.74 Å². The molecule has 0 spiro atoms. The molecule has 1 atom stereocenters. The van der Waals surface area contributed by atoms with Crippen molar-refractivity contribution in [3.05, 3.63) is 66.0 Å². The lowest BCUT2D eigenvalue weighted by Crippen LogP contribution is -2.45. The van der Waals surface area contributed by atoms with Gasteiger partial charge in [0, 0.05) is 50.2 Å². The van der Waals surface area contributed by atoms with Crippen LogP contribution < -0.4 is 10.1 Å². The number of piperazine rings is 1. The zero-order valence-electron chi connectivity index (χ0n) is 15.0. The van der Waals surface area contributed by atoms with Crippen molar-refractivity contribution in [2.75, 3.05) is 26.7 Å². The van der Waals surface area contributed by atoms with Crippen LogP contribution in [0.2, 0.25) is 0 Å². The molecule has 0 amide bonds. The number of rotatable bonds is 6. The molecular weight excluding hydrogens is 350 g/mol. The predicted octanol–water partition coefficient (Wildman–Crippen LogP) is 3.09. The summed E-state index contributed by atoms with van der Waals surface area (Å²) in [4.78, 5) is 6.57. The van der Waals surface area contributed by atoms with Crippen molar-refractivity contribution in [1.29, 1.82) is 0 Å². The second-order valence-corrected chi connectivity index (χ2v) is 6.27. The Bertz CT molecular complexity index is 724. The molecule has 6 heteroatoms. The van der Waals surface area contributed by atoms with Gasteiger partial charge in [0.1, 0.15) is 0 Å². The van der Waals surface area contributed by atoms with E-state index in [2.05, 4.69) is 33.9 Å². The zero-order chi connectivity index (χ0) is 17.6. The number of hydrogen-bond acceptors (Lipinski definition) is 5. The van der Waals surface area contributed by atoms with Crippen LogP contribution in [0.4, 0.5) is 0 Å². The quantitative estimate of drug-likeness (QED) is 0.760. The molecule has 1 aromatic carbocycles. The Morgan fingerprint density at radius 3 is 2.85 bits per heavy atom.